The van der Waals surface area contributed by atoms with Gasteiger partial charge in [0.2, 0.25) is 0 Å². The predicted octanol–water partition coefficient (Wildman–Crippen LogP) is 5.42. The van der Waals surface area contributed by atoms with Crippen LogP contribution in [0.3, 0.4) is 0 Å². The zero-order chi connectivity index (χ0) is 15.6. The van der Waals surface area contributed by atoms with E-state index in [1.165, 1.54) is 6.07 Å². The second-order valence-electron chi connectivity index (χ2n) is 6.86. The van der Waals surface area contributed by atoms with E-state index in [1.54, 1.807) is 6.07 Å². The van der Waals surface area contributed by atoms with Crippen molar-refractivity contribution in [2.24, 2.45) is 0 Å². The van der Waals surface area contributed by atoms with Crippen molar-refractivity contribution in [2.75, 3.05) is 19.1 Å². The summed E-state index contributed by atoms with van der Waals surface area (Å²) in [6.45, 7) is 11.6. The van der Waals surface area contributed by atoms with Gasteiger partial charge in [-0.1, -0.05) is 33.8 Å². The molecule has 0 spiro atoms. The summed E-state index contributed by atoms with van der Waals surface area (Å²) >= 11 is 0. The van der Waals surface area contributed by atoms with Gasteiger partial charge in [0, 0.05) is 4.75 Å². The number of rotatable bonds is 5. The fraction of sp³-hybridized carbons (Fsp3) is 0.647. The van der Waals surface area contributed by atoms with Crippen molar-refractivity contribution in [3.8, 4) is 0 Å². The third kappa shape index (κ3) is 4.49. The van der Waals surface area contributed by atoms with Crippen LogP contribution in [0.5, 0.6) is 0 Å². The Morgan fingerprint density at radius 2 is 1.85 bits per heavy atom. The second-order valence-corrected chi connectivity index (χ2v) is 10.8. The van der Waals surface area contributed by atoms with Gasteiger partial charge in [-0.05, 0) is 55.0 Å². The van der Waals surface area contributed by atoms with Crippen molar-refractivity contribution >= 4 is 10.3 Å². The SMILES string of the molecule is Cc1ccc(F)cc1C(C)CCOS(C)(C)C(C)(C)C. The van der Waals surface area contributed by atoms with Crippen molar-refractivity contribution in [2.45, 2.75) is 51.7 Å². The summed E-state index contributed by atoms with van der Waals surface area (Å²) in [5.74, 6) is 0.167. The lowest BCUT2D eigenvalue weighted by Crippen LogP contribution is -2.25. The highest BCUT2D eigenvalue weighted by atomic mass is 32.3. The van der Waals surface area contributed by atoms with E-state index in [-0.39, 0.29) is 10.6 Å². The molecule has 0 radical (unpaired) electrons. The first-order chi connectivity index (χ1) is 9.04. The van der Waals surface area contributed by atoms with Crippen LogP contribution in [-0.4, -0.2) is 23.9 Å². The van der Waals surface area contributed by atoms with E-state index in [0.29, 0.717) is 5.92 Å². The van der Waals surface area contributed by atoms with Gasteiger partial charge in [0.1, 0.15) is 5.82 Å². The largest absolute Gasteiger partial charge is 0.337 e. The molecule has 1 atom stereocenters. The van der Waals surface area contributed by atoms with Crippen LogP contribution in [0.4, 0.5) is 4.39 Å². The van der Waals surface area contributed by atoms with E-state index in [2.05, 4.69) is 40.2 Å². The third-order valence-corrected chi connectivity index (χ3v) is 7.88. The van der Waals surface area contributed by atoms with Crippen molar-refractivity contribution in [3.05, 3.63) is 35.1 Å². The van der Waals surface area contributed by atoms with Gasteiger partial charge in [0.25, 0.3) is 0 Å². The maximum Gasteiger partial charge on any atom is 0.123 e. The van der Waals surface area contributed by atoms with E-state index in [9.17, 15) is 4.39 Å². The standard InChI is InChI=1S/C17H29FOS/c1-13-8-9-15(18)12-16(13)14(2)10-11-19-20(6,7)17(3,4)5/h8-9,12,14H,10-11H2,1-7H3. The molecule has 0 aliphatic rings. The summed E-state index contributed by atoms with van der Waals surface area (Å²) in [5.41, 5.74) is 2.25. The highest BCUT2D eigenvalue weighted by Gasteiger charge is 2.28. The Bertz CT molecular complexity index is 449. The maximum atomic E-state index is 13.3. The molecule has 20 heavy (non-hydrogen) atoms. The van der Waals surface area contributed by atoms with Gasteiger partial charge in [-0.15, -0.1) is 10.3 Å². The number of benzene rings is 1. The minimum Gasteiger partial charge on any atom is -0.337 e. The fourth-order valence-electron chi connectivity index (χ4n) is 1.91. The van der Waals surface area contributed by atoms with Crippen LogP contribution in [0.1, 0.15) is 51.2 Å². The Kier molecular flexibility index (Phi) is 5.68. The van der Waals surface area contributed by atoms with E-state index in [4.69, 9.17) is 4.18 Å². The zero-order valence-electron chi connectivity index (χ0n) is 13.9. The first-order valence-corrected chi connectivity index (χ1v) is 9.55. The number of halogens is 1. The molecule has 0 aromatic heterocycles. The predicted molar refractivity (Wildman–Crippen MR) is 89.3 cm³/mol. The molecule has 0 fully saturated rings. The molecule has 1 rings (SSSR count). The number of hydrogen-bond donors (Lipinski definition) is 0. The Balaban J connectivity index is 2.60. The molecule has 1 aromatic rings. The number of hydrogen-bond acceptors (Lipinski definition) is 1. The Morgan fingerprint density at radius 1 is 1.25 bits per heavy atom. The molecular weight excluding hydrogens is 271 g/mol. The molecule has 0 saturated heterocycles. The van der Waals surface area contributed by atoms with Gasteiger partial charge in [-0.3, -0.25) is 0 Å². The lowest BCUT2D eigenvalue weighted by atomic mass is 9.94. The molecule has 0 heterocycles. The van der Waals surface area contributed by atoms with Gasteiger partial charge in [0.05, 0.1) is 6.61 Å². The smallest absolute Gasteiger partial charge is 0.123 e. The summed E-state index contributed by atoms with van der Waals surface area (Å²) in [4.78, 5) is 0. The van der Waals surface area contributed by atoms with Crippen molar-refractivity contribution in [1.82, 2.24) is 0 Å². The topological polar surface area (TPSA) is 9.23 Å². The highest BCUT2D eigenvalue weighted by Crippen LogP contribution is 2.53. The summed E-state index contributed by atoms with van der Waals surface area (Å²) in [5, 5.41) is 0. The molecule has 0 bridgehead atoms. The lowest BCUT2D eigenvalue weighted by molar-refractivity contribution is 0.329. The van der Waals surface area contributed by atoms with Crippen molar-refractivity contribution < 1.29 is 8.57 Å². The summed E-state index contributed by atoms with van der Waals surface area (Å²) in [6.07, 6.45) is 5.35. The first kappa shape index (κ1) is 17.5. The van der Waals surface area contributed by atoms with E-state index < -0.39 is 10.3 Å². The van der Waals surface area contributed by atoms with Gasteiger partial charge in [0.15, 0.2) is 0 Å². The monoisotopic (exact) mass is 300 g/mol. The normalized spacial score (nSPS) is 15.2. The lowest BCUT2D eigenvalue weighted by Gasteiger charge is -2.43. The molecule has 0 saturated carbocycles. The molecule has 1 unspecified atom stereocenters. The third-order valence-electron chi connectivity index (χ3n) is 4.18. The van der Waals surface area contributed by atoms with Crippen LogP contribution in [0.25, 0.3) is 0 Å². The van der Waals surface area contributed by atoms with Gasteiger partial charge >= 0.3 is 0 Å². The average Bonchev–Trinajstić information content (AvgIpc) is 2.30. The Hall–Kier alpha value is -0.540. The quantitative estimate of drug-likeness (QED) is 0.705. The van der Waals surface area contributed by atoms with Crippen molar-refractivity contribution in [3.63, 3.8) is 0 Å². The summed E-state index contributed by atoms with van der Waals surface area (Å²) in [6, 6.07) is 5.03. The van der Waals surface area contributed by atoms with Crippen LogP contribution in [-0.2, 0) is 4.18 Å². The highest BCUT2D eigenvalue weighted by molar-refractivity contribution is 8.29. The molecule has 1 nitrogen and oxygen atoms in total. The minimum atomic E-state index is -1.07. The first-order valence-electron chi connectivity index (χ1n) is 7.18. The molecule has 116 valence electrons. The average molecular weight is 300 g/mol. The van der Waals surface area contributed by atoms with Crippen LogP contribution in [0, 0.1) is 12.7 Å². The Labute approximate surface area is 125 Å². The van der Waals surface area contributed by atoms with Gasteiger partial charge in [-0.25, -0.2) is 4.39 Å². The molecule has 0 amide bonds. The molecular formula is C17H29FOS. The fourth-order valence-corrected chi connectivity index (χ4v) is 2.77. The zero-order valence-corrected chi connectivity index (χ0v) is 14.7. The maximum absolute atomic E-state index is 13.3. The summed E-state index contributed by atoms with van der Waals surface area (Å²) < 4.78 is 19.7. The van der Waals surface area contributed by atoms with E-state index in [1.807, 2.05) is 13.0 Å². The van der Waals surface area contributed by atoms with Gasteiger partial charge in [-0.2, -0.15) is 0 Å². The van der Waals surface area contributed by atoms with Crippen LogP contribution in [0.15, 0.2) is 18.2 Å². The Morgan fingerprint density at radius 3 is 2.40 bits per heavy atom. The molecule has 1 aromatic carbocycles. The van der Waals surface area contributed by atoms with Gasteiger partial charge < -0.3 is 4.18 Å². The number of aryl methyl sites for hydroxylation is 1. The molecule has 0 aliphatic heterocycles. The summed E-state index contributed by atoms with van der Waals surface area (Å²) in [7, 11) is -1.07. The molecule has 0 aliphatic carbocycles. The van der Waals surface area contributed by atoms with Crippen molar-refractivity contribution in [1.29, 1.82) is 0 Å². The van der Waals surface area contributed by atoms with Crippen LogP contribution < -0.4 is 0 Å². The van der Waals surface area contributed by atoms with Crippen LogP contribution in [0.2, 0.25) is 0 Å². The van der Waals surface area contributed by atoms with Crippen LogP contribution >= 0.6 is 10.3 Å². The molecule has 3 heteroatoms. The minimum absolute atomic E-state index is 0.154. The van der Waals surface area contributed by atoms with E-state index in [0.717, 1.165) is 24.2 Å². The second kappa shape index (κ2) is 6.48. The molecule has 0 N–H and O–H groups in total. The van der Waals surface area contributed by atoms with E-state index >= 15 is 0 Å².